The summed E-state index contributed by atoms with van der Waals surface area (Å²) in [6.07, 6.45) is 3.63. The van der Waals surface area contributed by atoms with E-state index in [0.717, 1.165) is 25.9 Å². The quantitative estimate of drug-likeness (QED) is 0.766. The van der Waals surface area contributed by atoms with Crippen molar-refractivity contribution in [3.05, 3.63) is 53.1 Å². The van der Waals surface area contributed by atoms with Crippen LogP contribution in [0.2, 0.25) is 5.02 Å². The standard InChI is InChI=1S/C22H23ClN2O4/c23-19-13-16(7-10-20(19)25-11-1-4-21(25)26)24-22(27)15-5-8-17(9-6-15)29-14-18-3-2-12-28-18/h5-10,13,18H,1-4,11-12,14H2,(H,24,27)/t18-/m0/s1. The summed E-state index contributed by atoms with van der Waals surface area (Å²) in [7, 11) is 0. The molecule has 2 saturated heterocycles. The molecule has 0 saturated carbocycles. The summed E-state index contributed by atoms with van der Waals surface area (Å²) in [6, 6.07) is 12.2. The average molecular weight is 415 g/mol. The molecule has 2 aliphatic heterocycles. The van der Waals surface area contributed by atoms with Crippen LogP contribution in [0.3, 0.4) is 0 Å². The number of anilines is 2. The lowest BCUT2D eigenvalue weighted by Crippen LogP contribution is -2.24. The minimum Gasteiger partial charge on any atom is -0.491 e. The zero-order valence-electron chi connectivity index (χ0n) is 16.0. The molecule has 7 heteroatoms. The lowest BCUT2D eigenvalue weighted by molar-refractivity contribution is -0.117. The third kappa shape index (κ3) is 4.71. The van der Waals surface area contributed by atoms with Gasteiger partial charge in [0.2, 0.25) is 5.91 Å². The lowest BCUT2D eigenvalue weighted by atomic mass is 10.2. The van der Waals surface area contributed by atoms with Crippen LogP contribution in [0.15, 0.2) is 42.5 Å². The van der Waals surface area contributed by atoms with Gasteiger partial charge in [0.25, 0.3) is 5.91 Å². The highest BCUT2D eigenvalue weighted by Crippen LogP contribution is 2.32. The van der Waals surface area contributed by atoms with Gasteiger partial charge in [-0.15, -0.1) is 0 Å². The largest absolute Gasteiger partial charge is 0.491 e. The summed E-state index contributed by atoms with van der Waals surface area (Å²) in [5.41, 5.74) is 1.78. The van der Waals surface area contributed by atoms with Crippen LogP contribution in [0.1, 0.15) is 36.0 Å². The monoisotopic (exact) mass is 414 g/mol. The third-order valence-corrected chi connectivity index (χ3v) is 5.45. The van der Waals surface area contributed by atoms with E-state index in [1.54, 1.807) is 47.4 Å². The summed E-state index contributed by atoms with van der Waals surface area (Å²) in [6.45, 7) is 1.99. The number of nitrogens with one attached hydrogen (secondary N) is 1. The Bertz CT molecular complexity index is 894. The van der Waals surface area contributed by atoms with Crippen LogP contribution < -0.4 is 15.0 Å². The van der Waals surface area contributed by atoms with E-state index in [0.29, 0.717) is 47.3 Å². The number of hydrogen-bond donors (Lipinski definition) is 1. The van der Waals surface area contributed by atoms with E-state index < -0.39 is 0 Å². The minimum absolute atomic E-state index is 0.0745. The van der Waals surface area contributed by atoms with E-state index in [1.165, 1.54) is 0 Å². The van der Waals surface area contributed by atoms with E-state index in [9.17, 15) is 9.59 Å². The predicted molar refractivity (Wildman–Crippen MR) is 112 cm³/mol. The molecule has 0 aliphatic carbocycles. The number of rotatable bonds is 6. The maximum atomic E-state index is 12.5. The van der Waals surface area contributed by atoms with Crippen molar-refractivity contribution < 1.29 is 19.1 Å². The van der Waals surface area contributed by atoms with Crippen LogP contribution in [0.25, 0.3) is 0 Å². The molecule has 2 aliphatic rings. The molecule has 0 spiro atoms. The second kappa shape index (κ2) is 8.84. The van der Waals surface area contributed by atoms with Crippen molar-refractivity contribution in [2.24, 2.45) is 0 Å². The Labute approximate surface area is 174 Å². The minimum atomic E-state index is -0.239. The number of nitrogens with zero attached hydrogens (tertiary/aromatic N) is 1. The molecule has 152 valence electrons. The van der Waals surface area contributed by atoms with Gasteiger partial charge in [-0.3, -0.25) is 9.59 Å². The molecule has 2 aromatic rings. The Morgan fingerprint density at radius 1 is 1.21 bits per heavy atom. The predicted octanol–water partition coefficient (Wildman–Crippen LogP) is 4.28. The molecular weight excluding hydrogens is 392 g/mol. The Morgan fingerprint density at radius 2 is 2.03 bits per heavy atom. The van der Waals surface area contributed by atoms with E-state index in [-0.39, 0.29) is 17.9 Å². The molecule has 2 fully saturated rings. The molecule has 2 aromatic carbocycles. The molecule has 0 unspecified atom stereocenters. The van der Waals surface area contributed by atoms with Crippen LogP contribution >= 0.6 is 11.6 Å². The number of carbonyl (C=O) groups is 2. The highest BCUT2D eigenvalue weighted by molar-refractivity contribution is 6.34. The van der Waals surface area contributed by atoms with Gasteiger partial charge < -0.3 is 19.7 Å². The van der Waals surface area contributed by atoms with Crippen molar-refractivity contribution in [2.45, 2.75) is 31.8 Å². The number of amides is 2. The van der Waals surface area contributed by atoms with Crippen LogP contribution in [0.5, 0.6) is 5.75 Å². The van der Waals surface area contributed by atoms with Gasteiger partial charge in [-0.2, -0.15) is 0 Å². The summed E-state index contributed by atoms with van der Waals surface area (Å²) in [5, 5.41) is 3.28. The zero-order chi connectivity index (χ0) is 20.2. The molecule has 1 atom stereocenters. The molecule has 0 radical (unpaired) electrons. The normalized spacial score (nSPS) is 18.9. The first-order chi connectivity index (χ1) is 14.1. The number of carbonyl (C=O) groups excluding carboxylic acids is 2. The fraction of sp³-hybridized carbons (Fsp3) is 0.364. The smallest absolute Gasteiger partial charge is 0.255 e. The second-order valence-electron chi connectivity index (χ2n) is 7.24. The van der Waals surface area contributed by atoms with Crippen molar-refractivity contribution >= 4 is 34.8 Å². The molecule has 0 aromatic heterocycles. The molecule has 0 bridgehead atoms. The van der Waals surface area contributed by atoms with Gasteiger partial charge in [-0.1, -0.05) is 11.6 Å². The first-order valence-corrected chi connectivity index (χ1v) is 10.2. The molecule has 6 nitrogen and oxygen atoms in total. The first kappa shape index (κ1) is 19.7. The maximum absolute atomic E-state index is 12.5. The van der Waals surface area contributed by atoms with Gasteiger partial charge in [0, 0.05) is 30.8 Å². The van der Waals surface area contributed by atoms with Gasteiger partial charge in [-0.25, -0.2) is 0 Å². The van der Waals surface area contributed by atoms with E-state index >= 15 is 0 Å². The molecular formula is C22H23ClN2O4. The first-order valence-electron chi connectivity index (χ1n) is 9.86. The summed E-state index contributed by atoms with van der Waals surface area (Å²) >= 11 is 6.34. The molecule has 4 rings (SSSR count). The van der Waals surface area contributed by atoms with Crippen LogP contribution in [0, 0.1) is 0 Å². The summed E-state index contributed by atoms with van der Waals surface area (Å²) < 4.78 is 11.3. The Morgan fingerprint density at radius 3 is 2.69 bits per heavy atom. The number of hydrogen-bond acceptors (Lipinski definition) is 4. The van der Waals surface area contributed by atoms with E-state index in [1.807, 2.05) is 0 Å². The molecule has 29 heavy (non-hydrogen) atoms. The van der Waals surface area contributed by atoms with Crippen molar-refractivity contribution in [3.63, 3.8) is 0 Å². The maximum Gasteiger partial charge on any atom is 0.255 e. The van der Waals surface area contributed by atoms with E-state index in [2.05, 4.69) is 5.32 Å². The third-order valence-electron chi connectivity index (χ3n) is 5.15. The SMILES string of the molecule is O=C(Nc1ccc(N2CCCC2=O)c(Cl)c1)c1ccc(OC[C@@H]2CCCO2)cc1. The van der Waals surface area contributed by atoms with Gasteiger partial charge in [0.05, 0.1) is 16.8 Å². The summed E-state index contributed by atoms with van der Waals surface area (Å²) in [4.78, 5) is 26.1. The van der Waals surface area contributed by atoms with Gasteiger partial charge >= 0.3 is 0 Å². The van der Waals surface area contributed by atoms with Crippen LogP contribution in [-0.4, -0.2) is 37.7 Å². The highest BCUT2D eigenvalue weighted by Gasteiger charge is 2.23. The van der Waals surface area contributed by atoms with Crippen molar-refractivity contribution in [2.75, 3.05) is 30.0 Å². The number of benzene rings is 2. The summed E-state index contributed by atoms with van der Waals surface area (Å²) in [5.74, 6) is 0.543. The average Bonchev–Trinajstić information content (AvgIpc) is 3.39. The van der Waals surface area contributed by atoms with E-state index in [4.69, 9.17) is 21.1 Å². The van der Waals surface area contributed by atoms with Gasteiger partial charge in [0.15, 0.2) is 0 Å². The van der Waals surface area contributed by atoms with Crippen molar-refractivity contribution in [3.8, 4) is 5.75 Å². The van der Waals surface area contributed by atoms with Gasteiger partial charge in [0.1, 0.15) is 12.4 Å². The lowest BCUT2D eigenvalue weighted by Gasteiger charge is -2.18. The van der Waals surface area contributed by atoms with Crippen LogP contribution in [0.4, 0.5) is 11.4 Å². The van der Waals surface area contributed by atoms with Crippen molar-refractivity contribution in [1.82, 2.24) is 0 Å². The van der Waals surface area contributed by atoms with Crippen LogP contribution in [-0.2, 0) is 9.53 Å². The van der Waals surface area contributed by atoms with Crippen molar-refractivity contribution in [1.29, 1.82) is 0 Å². The second-order valence-corrected chi connectivity index (χ2v) is 7.65. The Hall–Kier alpha value is -2.57. The number of ether oxygens (including phenoxy) is 2. The molecule has 2 heterocycles. The fourth-order valence-electron chi connectivity index (χ4n) is 3.58. The van der Waals surface area contributed by atoms with Gasteiger partial charge in [-0.05, 0) is 61.7 Å². The highest BCUT2D eigenvalue weighted by atomic mass is 35.5. The molecule has 1 N–H and O–H groups in total. The number of halogens is 1. The fourth-order valence-corrected chi connectivity index (χ4v) is 3.86. The topological polar surface area (TPSA) is 67.9 Å². The zero-order valence-corrected chi connectivity index (χ0v) is 16.8. The Kier molecular flexibility index (Phi) is 6.02. The molecule has 2 amide bonds. The Balaban J connectivity index is 1.36.